The first-order chi connectivity index (χ1) is 14.7. The van der Waals surface area contributed by atoms with Gasteiger partial charge in [-0.15, -0.1) is 0 Å². The molecule has 160 valence electrons. The maximum absolute atomic E-state index is 12.8. The summed E-state index contributed by atoms with van der Waals surface area (Å²) in [5.74, 6) is -0.938. The topological polar surface area (TPSA) is 82.1 Å². The van der Waals surface area contributed by atoms with Crippen molar-refractivity contribution in [1.82, 2.24) is 14.3 Å². The van der Waals surface area contributed by atoms with Crippen LogP contribution in [0.15, 0.2) is 57.9 Å². The fourth-order valence-corrected chi connectivity index (χ4v) is 3.32. The Morgan fingerprint density at radius 3 is 2.52 bits per heavy atom. The third kappa shape index (κ3) is 3.72. The number of alkyl halides is 3. The van der Waals surface area contributed by atoms with Crippen LogP contribution in [0.25, 0.3) is 16.8 Å². The summed E-state index contributed by atoms with van der Waals surface area (Å²) in [6, 6.07) is 9.37. The fraction of sp³-hybridized carbons (Fsp3) is 0.190. The highest BCUT2D eigenvalue weighted by molar-refractivity contribution is 6.05. The molecule has 0 aliphatic carbocycles. The number of anilines is 1. The predicted octanol–water partition coefficient (Wildman–Crippen LogP) is 4.15. The third-order valence-corrected chi connectivity index (χ3v) is 4.94. The summed E-state index contributed by atoms with van der Waals surface area (Å²) in [6.45, 7) is 1.82. The number of fused-ring (bicyclic) bond motifs is 1. The number of nitrogens with one attached hydrogen (secondary N) is 1. The van der Waals surface area contributed by atoms with E-state index in [2.05, 4.69) is 10.4 Å². The molecule has 2 aromatic heterocycles. The Morgan fingerprint density at radius 2 is 1.87 bits per heavy atom. The molecule has 4 aromatic rings. The molecule has 2 aromatic carbocycles. The largest absolute Gasteiger partial charge is 0.419 e. The second kappa shape index (κ2) is 7.46. The summed E-state index contributed by atoms with van der Waals surface area (Å²) in [4.78, 5) is 24.5. The summed E-state index contributed by atoms with van der Waals surface area (Å²) in [5, 5.41) is 6.95. The van der Waals surface area contributed by atoms with Crippen molar-refractivity contribution in [3.8, 4) is 5.69 Å². The average molecular weight is 430 g/mol. The summed E-state index contributed by atoms with van der Waals surface area (Å²) in [7, 11) is 1.56. The Kier molecular flexibility index (Phi) is 4.92. The second-order valence-electron chi connectivity index (χ2n) is 6.88. The fourth-order valence-electron chi connectivity index (χ4n) is 3.32. The Labute approximate surface area is 173 Å². The third-order valence-electron chi connectivity index (χ3n) is 4.94. The second-order valence-corrected chi connectivity index (χ2v) is 6.88. The molecule has 1 amide bonds. The maximum atomic E-state index is 12.8. The molecule has 4 rings (SSSR count). The first-order valence-corrected chi connectivity index (χ1v) is 9.34. The quantitative estimate of drug-likeness (QED) is 0.527. The molecule has 0 bridgehead atoms. The number of hydrogen-bond donors (Lipinski definition) is 1. The molecule has 7 nitrogen and oxygen atoms in total. The zero-order valence-corrected chi connectivity index (χ0v) is 16.5. The van der Waals surface area contributed by atoms with Crippen LogP contribution >= 0.6 is 0 Å². The first-order valence-electron chi connectivity index (χ1n) is 9.34. The van der Waals surface area contributed by atoms with Crippen molar-refractivity contribution in [3.63, 3.8) is 0 Å². The number of carbonyl (C=O) groups excluding carboxylic acids is 1. The van der Waals surface area contributed by atoms with Gasteiger partial charge in [-0.1, -0.05) is 6.92 Å². The van der Waals surface area contributed by atoms with Crippen molar-refractivity contribution in [1.29, 1.82) is 0 Å². The maximum Gasteiger partial charge on any atom is 0.419 e. The van der Waals surface area contributed by atoms with E-state index in [0.717, 1.165) is 12.1 Å². The predicted molar refractivity (Wildman–Crippen MR) is 107 cm³/mol. The van der Waals surface area contributed by atoms with Crippen LogP contribution in [0.3, 0.4) is 0 Å². The van der Waals surface area contributed by atoms with Crippen LogP contribution in [0.5, 0.6) is 0 Å². The van der Waals surface area contributed by atoms with E-state index in [4.69, 9.17) is 4.42 Å². The van der Waals surface area contributed by atoms with Crippen LogP contribution < -0.4 is 11.1 Å². The van der Waals surface area contributed by atoms with Gasteiger partial charge in [-0.3, -0.25) is 9.36 Å². The highest BCUT2D eigenvalue weighted by atomic mass is 19.4. The molecule has 0 aliphatic rings. The van der Waals surface area contributed by atoms with E-state index >= 15 is 0 Å². The first kappa shape index (κ1) is 20.5. The van der Waals surface area contributed by atoms with Crippen LogP contribution in [0.4, 0.5) is 18.9 Å². The minimum absolute atomic E-state index is 0.295. The van der Waals surface area contributed by atoms with Crippen LogP contribution in [0.2, 0.25) is 0 Å². The number of oxazole rings is 1. The van der Waals surface area contributed by atoms with E-state index in [9.17, 15) is 22.8 Å². The van der Waals surface area contributed by atoms with E-state index in [-0.39, 0.29) is 0 Å². The molecular formula is C21H17F3N4O3. The molecular weight excluding hydrogens is 413 g/mol. The average Bonchev–Trinajstić information content (AvgIpc) is 3.29. The van der Waals surface area contributed by atoms with Crippen molar-refractivity contribution in [2.45, 2.75) is 19.5 Å². The highest BCUT2D eigenvalue weighted by Gasteiger charge is 2.30. The number of hydrogen-bond acceptors (Lipinski definition) is 4. The molecule has 1 N–H and O–H groups in total. The number of rotatable bonds is 4. The zero-order chi connectivity index (χ0) is 22.3. The van der Waals surface area contributed by atoms with Crippen LogP contribution in [-0.4, -0.2) is 20.3 Å². The van der Waals surface area contributed by atoms with Gasteiger partial charge in [0.25, 0.3) is 5.91 Å². The van der Waals surface area contributed by atoms with E-state index in [1.807, 2.05) is 6.92 Å². The van der Waals surface area contributed by atoms with E-state index < -0.39 is 23.4 Å². The lowest BCUT2D eigenvalue weighted by atomic mass is 10.1. The smallest absolute Gasteiger partial charge is 0.408 e. The lowest BCUT2D eigenvalue weighted by Crippen LogP contribution is -2.14. The van der Waals surface area contributed by atoms with Gasteiger partial charge in [-0.2, -0.15) is 18.3 Å². The molecule has 10 heteroatoms. The molecule has 0 spiro atoms. The van der Waals surface area contributed by atoms with Gasteiger partial charge in [0.05, 0.1) is 34.2 Å². The molecule has 0 aliphatic heterocycles. The standard InChI is InChI=1S/C21H17F3N4O3/c1-3-16-15(11-25-28(16)14-7-4-12(5-8-14)21(22,23)24)19(29)26-13-6-9-18-17(10-13)27(2)20(30)31-18/h4-11H,3H2,1-2H3,(H,26,29). The Balaban J connectivity index is 1.63. The number of benzene rings is 2. The van der Waals surface area contributed by atoms with Gasteiger partial charge in [0.2, 0.25) is 0 Å². The van der Waals surface area contributed by atoms with Gasteiger partial charge in [0.1, 0.15) is 0 Å². The lowest BCUT2D eigenvalue weighted by Gasteiger charge is -2.11. The molecule has 0 fully saturated rings. The molecule has 0 radical (unpaired) electrons. The van der Waals surface area contributed by atoms with Crippen molar-refractivity contribution in [3.05, 3.63) is 76.0 Å². The van der Waals surface area contributed by atoms with Gasteiger partial charge in [0, 0.05) is 12.7 Å². The minimum atomic E-state index is -4.43. The van der Waals surface area contributed by atoms with Gasteiger partial charge in [0.15, 0.2) is 5.58 Å². The summed E-state index contributed by atoms with van der Waals surface area (Å²) in [5.41, 5.74) is 1.88. The molecule has 0 saturated heterocycles. The SMILES string of the molecule is CCc1c(C(=O)Nc2ccc3oc(=O)n(C)c3c2)cnn1-c1ccc(C(F)(F)F)cc1. The monoisotopic (exact) mass is 430 g/mol. The number of amides is 1. The molecule has 31 heavy (non-hydrogen) atoms. The highest BCUT2D eigenvalue weighted by Crippen LogP contribution is 2.30. The molecule has 0 unspecified atom stereocenters. The number of halogens is 3. The summed E-state index contributed by atoms with van der Waals surface area (Å²) < 4.78 is 46.3. The van der Waals surface area contributed by atoms with E-state index in [1.54, 1.807) is 25.2 Å². The van der Waals surface area contributed by atoms with Crippen LogP contribution in [0, 0.1) is 0 Å². The number of carbonyl (C=O) groups is 1. The van der Waals surface area contributed by atoms with Gasteiger partial charge in [-0.05, 0) is 48.9 Å². The molecule has 2 heterocycles. The van der Waals surface area contributed by atoms with E-state index in [1.165, 1.54) is 27.6 Å². The van der Waals surface area contributed by atoms with Crippen LogP contribution in [0.1, 0.15) is 28.5 Å². The van der Waals surface area contributed by atoms with Crippen molar-refractivity contribution < 1.29 is 22.4 Å². The zero-order valence-electron chi connectivity index (χ0n) is 16.5. The Bertz CT molecular complexity index is 1330. The number of aryl methyl sites for hydroxylation is 1. The number of nitrogens with zero attached hydrogens (tertiary/aromatic N) is 3. The van der Waals surface area contributed by atoms with Gasteiger partial charge >= 0.3 is 11.9 Å². The summed E-state index contributed by atoms with van der Waals surface area (Å²) >= 11 is 0. The van der Waals surface area contributed by atoms with Crippen LogP contribution in [-0.2, 0) is 19.6 Å². The normalized spacial score (nSPS) is 11.8. The van der Waals surface area contributed by atoms with Crippen molar-refractivity contribution in [2.24, 2.45) is 7.05 Å². The van der Waals surface area contributed by atoms with Gasteiger partial charge < -0.3 is 9.73 Å². The Hall–Kier alpha value is -3.82. The Morgan fingerprint density at radius 1 is 1.16 bits per heavy atom. The van der Waals surface area contributed by atoms with Crippen molar-refractivity contribution >= 4 is 22.7 Å². The summed E-state index contributed by atoms with van der Waals surface area (Å²) in [6.07, 6.45) is -2.63. The van der Waals surface area contributed by atoms with Crippen molar-refractivity contribution in [2.75, 3.05) is 5.32 Å². The minimum Gasteiger partial charge on any atom is -0.408 e. The van der Waals surface area contributed by atoms with Gasteiger partial charge in [-0.25, -0.2) is 9.48 Å². The molecule has 0 saturated carbocycles. The number of aromatic nitrogens is 3. The lowest BCUT2D eigenvalue weighted by molar-refractivity contribution is -0.137. The molecule has 0 atom stereocenters. The van der Waals surface area contributed by atoms with E-state index in [0.29, 0.717) is 40.2 Å².